The van der Waals surface area contributed by atoms with Crippen LogP contribution in [0.1, 0.15) is 32.1 Å². The number of hydrogen-bond acceptors (Lipinski definition) is 9. The Bertz CT molecular complexity index is 445. The average Bonchev–Trinajstić information content (AvgIpc) is 3.19. The first-order chi connectivity index (χ1) is 12.3. The van der Waals surface area contributed by atoms with Crippen molar-refractivity contribution in [2.24, 2.45) is 5.92 Å². The Morgan fingerprint density at radius 3 is 2.72 bits per heavy atom. The highest BCUT2D eigenvalue weighted by molar-refractivity contribution is 8.01. The van der Waals surface area contributed by atoms with Crippen LogP contribution >= 0.6 is 23.5 Å². The van der Waals surface area contributed by atoms with Crippen LogP contribution < -0.4 is 21.8 Å². The van der Waals surface area contributed by atoms with Crippen molar-refractivity contribution < 1.29 is 9.47 Å². The van der Waals surface area contributed by atoms with Gasteiger partial charge in [-0.3, -0.25) is 0 Å². The van der Waals surface area contributed by atoms with E-state index in [0.29, 0.717) is 28.9 Å². The Balaban J connectivity index is 1.22. The second kappa shape index (κ2) is 8.62. The molecular weight excluding hydrogens is 358 g/mol. The molecule has 2 saturated heterocycles. The molecule has 2 aliphatic carbocycles. The lowest BCUT2D eigenvalue weighted by atomic mass is 9.84. The summed E-state index contributed by atoms with van der Waals surface area (Å²) in [6.07, 6.45) is 6.56. The summed E-state index contributed by atoms with van der Waals surface area (Å²) in [7, 11) is 3.62. The molecule has 0 radical (unpaired) electrons. The molecule has 0 bridgehead atoms. The highest BCUT2D eigenvalue weighted by Crippen LogP contribution is 2.37. The lowest BCUT2D eigenvalue weighted by Gasteiger charge is -2.36. The zero-order valence-corrected chi connectivity index (χ0v) is 16.7. The molecule has 0 aromatic carbocycles. The van der Waals surface area contributed by atoms with E-state index in [2.05, 4.69) is 38.6 Å². The number of methoxy groups -OCH3 is 2. The smallest absolute Gasteiger partial charge is 0.136 e. The van der Waals surface area contributed by atoms with Crippen molar-refractivity contribution in [3.63, 3.8) is 0 Å². The molecule has 7 nitrogen and oxygen atoms in total. The Morgan fingerprint density at radius 1 is 1.12 bits per heavy atom. The van der Waals surface area contributed by atoms with Crippen LogP contribution in [0.3, 0.4) is 0 Å². The van der Waals surface area contributed by atoms with Crippen LogP contribution in [0.25, 0.3) is 0 Å². The summed E-state index contributed by atoms with van der Waals surface area (Å²) in [4.78, 5) is 0. The van der Waals surface area contributed by atoms with Gasteiger partial charge in [0.25, 0.3) is 0 Å². The average molecular weight is 390 g/mol. The molecule has 4 N–H and O–H groups in total. The molecule has 25 heavy (non-hydrogen) atoms. The fourth-order valence-electron chi connectivity index (χ4n) is 4.09. The maximum Gasteiger partial charge on any atom is 0.136 e. The van der Waals surface area contributed by atoms with Crippen molar-refractivity contribution in [3.05, 3.63) is 0 Å². The fourth-order valence-corrected chi connectivity index (χ4v) is 6.86. The van der Waals surface area contributed by atoms with Crippen LogP contribution in [-0.2, 0) is 9.47 Å². The molecule has 4 aliphatic rings. The summed E-state index contributed by atoms with van der Waals surface area (Å²) >= 11 is 4.08. The predicted octanol–water partition coefficient (Wildman–Crippen LogP) is 0.856. The standard InChI is InChI=1S/C16H31N5O2S2/c1-22-13-6-3-10(7-14(13)23-2)15-17-11(8-24-15)9-25-16-18-19-20-21(16)12-4-5-12/h10-20H,3-9H2,1-2H3. The molecule has 2 saturated carbocycles. The van der Waals surface area contributed by atoms with Crippen LogP contribution in [0.5, 0.6) is 0 Å². The van der Waals surface area contributed by atoms with Gasteiger partial charge < -0.3 is 14.8 Å². The molecule has 0 aromatic heterocycles. The second-order valence-corrected chi connectivity index (χ2v) is 9.73. The third-order valence-corrected chi connectivity index (χ3v) is 8.44. The number of hydrazine groups is 3. The molecule has 2 heterocycles. The van der Waals surface area contributed by atoms with E-state index < -0.39 is 0 Å². The molecule has 6 atom stereocenters. The van der Waals surface area contributed by atoms with Crippen molar-refractivity contribution in [2.45, 2.75) is 67.3 Å². The second-order valence-electron chi connectivity index (χ2n) is 7.44. The van der Waals surface area contributed by atoms with E-state index in [0.717, 1.165) is 18.6 Å². The van der Waals surface area contributed by atoms with Crippen LogP contribution in [0.4, 0.5) is 0 Å². The third-order valence-electron chi connectivity index (χ3n) is 5.71. The molecule has 6 unspecified atom stereocenters. The third kappa shape index (κ3) is 4.47. The van der Waals surface area contributed by atoms with Gasteiger partial charge in [0.1, 0.15) is 5.50 Å². The predicted molar refractivity (Wildman–Crippen MR) is 103 cm³/mol. The van der Waals surface area contributed by atoms with Crippen LogP contribution in [0.15, 0.2) is 0 Å². The molecule has 0 amide bonds. The fraction of sp³-hybridized carbons (Fsp3) is 1.00. The number of nitrogens with zero attached hydrogens (tertiary/aromatic N) is 1. The summed E-state index contributed by atoms with van der Waals surface area (Å²) < 4.78 is 11.3. The highest BCUT2D eigenvalue weighted by Gasteiger charge is 2.40. The topological polar surface area (TPSA) is 69.8 Å². The van der Waals surface area contributed by atoms with E-state index in [9.17, 15) is 0 Å². The first-order valence-corrected chi connectivity index (χ1v) is 11.5. The number of hydrogen-bond donors (Lipinski definition) is 4. The molecule has 0 aromatic rings. The van der Waals surface area contributed by atoms with Crippen LogP contribution in [0.2, 0.25) is 0 Å². The number of ether oxygens (including phenoxy) is 2. The van der Waals surface area contributed by atoms with E-state index in [4.69, 9.17) is 9.47 Å². The van der Waals surface area contributed by atoms with E-state index in [1.807, 2.05) is 18.9 Å². The molecule has 9 heteroatoms. The summed E-state index contributed by atoms with van der Waals surface area (Å²) in [6, 6.07) is 1.28. The van der Waals surface area contributed by atoms with E-state index in [1.165, 1.54) is 25.0 Å². The first kappa shape index (κ1) is 18.8. The summed E-state index contributed by atoms with van der Waals surface area (Å²) in [6.45, 7) is 0. The largest absolute Gasteiger partial charge is 0.379 e. The van der Waals surface area contributed by atoms with Gasteiger partial charge >= 0.3 is 0 Å². The van der Waals surface area contributed by atoms with Crippen molar-refractivity contribution in [2.75, 3.05) is 25.7 Å². The van der Waals surface area contributed by atoms with Gasteiger partial charge in [-0.15, -0.1) is 23.5 Å². The summed E-state index contributed by atoms with van der Waals surface area (Å²) in [5.74, 6) is 3.03. The minimum absolute atomic E-state index is 0.242. The SMILES string of the molecule is COC1CCC(C2NC(CSC3NNNN3C3CC3)CS2)CC1OC. The monoisotopic (exact) mass is 389 g/mol. The lowest BCUT2D eigenvalue weighted by molar-refractivity contribution is -0.0710. The van der Waals surface area contributed by atoms with Crippen molar-refractivity contribution in [1.82, 2.24) is 26.8 Å². The molecular formula is C16H31N5O2S2. The summed E-state index contributed by atoms with van der Waals surface area (Å²) in [5.41, 5.74) is 9.92. The zero-order chi connectivity index (χ0) is 17.2. The maximum absolute atomic E-state index is 5.67. The molecule has 144 valence electrons. The van der Waals surface area contributed by atoms with E-state index in [1.54, 1.807) is 7.11 Å². The van der Waals surface area contributed by atoms with Crippen molar-refractivity contribution in [3.8, 4) is 0 Å². The first-order valence-electron chi connectivity index (χ1n) is 9.38. The Labute approximate surface area is 159 Å². The van der Waals surface area contributed by atoms with Gasteiger partial charge in [0.15, 0.2) is 0 Å². The Hall–Kier alpha value is 0.420. The zero-order valence-electron chi connectivity index (χ0n) is 15.1. The van der Waals surface area contributed by atoms with Crippen LogP contribution in [0, 0.1) is 5.92 Å². The van der Waals surface area contributed by atoms with Crippen molar-refractivity contribution >= 4 is 23.5 Å². The Kier molecular flexibility index (Phi) is 6.47. The van der Waals surface area contributed by atoms with Gasteiger partial charge in [-0.1, -0.05) is 0 Å². The van der Waals surface area contributed by atoms with Gasteiger partial charge in [0, 0.05) is 37.8 Å². The number of thioether (sulfide) groups is 2. The molecule has 2 aliphatic heterocycles. The quantitative estimate of drug-likeness (QED) is 0.507. The highest BCUT2D eigenvalue weighted by atomic mass is 32.2. The van der Waals surface area contributed by atoms with Gasteiger partial charge in [0.2, 0.25) is 0 Å². The number of nitrogens with one attached hydrogen (secondary N) is 4. The van der Waals surface area contributed by atoms with Crippen molar-refractivity contribution in [1.29, 1.82) is 0 Å². The van der Waals surface area contributed by atoms with E-state index in [-0.39, 0.29) is 12.2 Å². The van der Waals surface area contributed by atoms with E-state index >= 15 is 0 Å². The summed E-state index contributed by atoms with van der Waals surface area (Å²) in [5, 5.41) is 6.76. The Morgan fingerprint density at radius 2 is 1.96 bits per heavy atom. The van der Waals surface area contributed by atoms with Gasteiger partial charge in [-0.05, 0) is 38.0 Å². The minimum atomic E-state index is 0.242. The molecule has 4 rings (SSSR count). The molecule has 0 spiro atoms. The van der Waals surface area contributed by atoms with Gasteiger partial charge in [-0.2, -0.15) is 16.1 Å². The maximum atomic E-state index is 5.67. The lowest BCUT2D eigenvalue weighted by Crippen LogP contribution is -2.44. The van der Waals surface area contributed by atoms with Gasteiger partial charge in [-0.25, -0.2) is 5.43 Å². The normalized spacial score (nSPS) is 43.0. The minimum Gasteiger partial charge on any atom is -0.379 e. The number of rotatable bonds is 7. The molecule has 4 fully saturated rings. The van der Waals surface area contributed by atoms with Gasteiger partial charge in [0.05, 0.1) is 17.6 Å². The van der Waals surface area contributed by atoms with Crippen LogP contribution in [-0.4, -0.2) is 65.9 Å².